The fourth-order valence-corrected chi connectivity index (χ4v) is 5.27. The van der Waals surface area contributed by atoms with Crippen LogP contribution in [0.25, 0.3) is 10.9 Å². The maximum atomic E-state index is 13.5. The SMILES string of the molecule is CS(=O)(=O)n1c2c(c3ccccc31)C(=O)[C@@](C#N)(CCC#Cc1ccccc1)CC2. The summed E-state index contributed by atoms with van der Waals surface area (Å²) in [6.07, 6.45) is 2.50. The average Bonchev–Trinajstić information content (AvgIpc) is 3.09. The van der Waals surface area contributed by atoms with E-state index >= 15 is 0 Å². The predicted octanol–water partition coefficient (Wildman–Crippen LogP) is 3.92. The highest BCUT2D eigenvalue weighted by Crippen LogP contribution is 2.43. The fraction of sp³-hybridized carbons (Fsp3) is 0.250. The van der Waals surface area contributed by atoms with E-state index in [4.69, 9.17) is 0 Å². The molecule has 150 valence electrons. The number of nitriles is 1. The summed E-state index contributed by atoms with van der Waals surface area (Å²) in [7, 11) is -3.59. The molecule has 0 fully saturated rings. The molecule has 1 aliphatic carbocycles. The molecule has 0 aliphatic heterocycles. The molecular formula is C24H20N2O3S. The number of benzene rings is 2. The number of Topliss-reactive ketones (excluding diaryl/α,β-unsaturated/α-hetero) is 1. The summed E-state index contributed by atoms with van der Waals surface area (Å²) in [6.45, 7) is 0. The summed E-state index contributed by atoms with van der Waals surface area (Å²) in [6, 6.07) is 18.8. The first-order valence-electron chi connectivity index (χ1n) is 9.70. The zero-order valence-corrected chi connectivity index (χ0v) is 17.4. The quantitative estimate of drug-likeness (QED) is 0.606. The van der Waals surface area contributed by atoms with Gasteiger partial charge in [-0.05, 0) is 37.5 Å². The van der Waals surface area contributed by atoms with Crippen molar-refractivity contribution in [3.8, 4) is 17.9 Å². The van der Waals surface area contributed by atoms with Crippen LogP contribution in [0.3, 0.4) is 0 Å². The van der Waals surface area contributed by atoms with Crippen LogP contribution in [-0.2, 0) is 16.4 Å². The van der Waals surface area contributed by atoms with Crippen LogP contribution >= 0.6 is 0 Å². The molecule has 3 aromatic rings. The predicted molar refractivity (Wildman–Crippen MR) is 115 cm³/mol. The lowest BCUT2D eigenvalue weighted by Crippen LogP contribution is -2.35. The molecule has 0 saturated heterocycles. The van der Waals surface area contributed by atoms with E-state index in [-0.39, 0.29) is 12.2 Å². The van der Waals surface area contributed by atoms with Gasteiger partial charge in [0.2, 0.25) is 10.0 Å². The van der Waals surface area contributed by atoms with Gasteiger partial charge in [0.05, 0.1) is 17.8 Å². The third-order valence-corrected chi connectivity index (χ3v) is 6.69. The maximum absolute atomic E-state index is 13.5. The van der Waals surface area contributed by atoms with E-state index in [0.717, 1.165) is 11.8 Å². The van der Waals surface area contributed by atoms with Crippen LogP contribution in [0.5, 0.6) is 0 Å². The van der Waals surface area contributed by atoms with Crippen molar-refractivity contribution < 1.29 is 13.2 Å². The molecule has 0 unspecified atom stereocenters. The Morgan fingerprint density at radius 1 is 1.10 bits per heavy atom. The molecule has 0 amide bonds. The second-order valence-electron chi connectivity index (χ2n) is 7.56. The van der Waals surface area contributed by atoms with Crippen molar-refractivity contribution in [1.82, 2.24) is 3.97 Å². The average molecular weight is 417 g/mol. The number of para-hydroxylation sites is 1. The number of fused-ring (bicyclic) bond motifs is 3. The van der Waals surface area contributed by atoms with Crippen molar-refractivity contribution >= 4 is 26.7 Å². The molecule has 0 N–H and O–H groups in total. The Hall–Kier alpha value is -3.35. The Labute approximate surface area is 176 Å². The Kier molecular flexibility index (Phi) is 4.97. The van der Waals surface area contributed by atoms with E-state index in [2.05, 4.69) is 17.9 Å². The number of carbonyl (C=O) groups is 1. The molecule has 0 spiro atoms. The summed E-state index contributed by atoms with van der Waals surface area (Å²) in [5, 5.41) is 10.5. The molecule has 6 heteroatoms. The second kappa shape index (κ2) is 7.48. The molecule has 0 radical (unpaired) electrons. The third-order valence-electron chi connectivity index (χ3n) is 5.61. The van der Waals surface area contributed by atoms with E-state index in [1.807, 2.05) is 30.3 Å². The number of ketones is 1. The van der Waals surface area contributed by atoms with Crippen molar-refractivity contribution in [2.24, 2.45) is 5.41 Å². The summed E-state index contributed by atoms with van der Waals surface area (Å²) in [5.74, 6) is 5.82. The zero-order chi connectivity index (χ0) is 21.4. The number of nitrogens with zero attached hydrogens (tertiary/aromatic N) is 2. The second-order valence-corrected chi connectivity index (χ2v) is 9.39. The van der Waals surface area contributed by atoms with Crippen LogP contribution in [0.1, 0.15) is 40.9 Å². The van der Waals surface area contributed by atoms with Gasteiger partial charge in [-0.25, -0.2) is 12.4 Å². The summed E-state index contributed by atoms with van der Waals surface area (Å²) >= 11 is 0. The highest BCUT2D eigenvalue weighted by Gasteiger charge is 2.45. The van der Waals surface area contributed by atoms with Gasteiger partial charge in [0, 0.05) is 28.6 Å². The smallest absolute Gasteiger partial charge is 0.236 e. The van der Waals surface area contributed by atoms with Gasteiger partial charge in [0.25, 0.3) is 0 Å². The van der Waals surface area contributed by atoms with E-state index in [1.165, 1.54) is 3.97 Å². The van der Waals surface area contributed by atoms with Gasteiger partial charge in [-0.2, -0.15) is 5.26 Å². The fourth-order valence-electron chi connectivity index (χ4n) is 4.17. The van der Waals surface area contributed by atoms with E-state index in [0.29, 0.717) is 41.4 Å². The molecule has 1 aromatic heterocycles. The Bertz CT molecular complexity index is 1350. The van der Waals surface area contributed by atoms with Crippen LogP contribution in [0.2, 0.25) is 0 Å². The molecule has 0 bridgehead atoms. The van der Waals surface area contributed by atoms with Gasteiger partial charge in [0.1, 0.15) is 5.41 Å². The number of hydrogen-bond acceptors (Lipinski definition) is 4. The highest BCUT2D eigenvalue weighted by atomic mass is 32.2. The minimum atomic E-state index is -3.59. The Morgan fingerprint density at radius 3 is 2.50 bits per heavy atom. The number of rotatable bonds is 3. The molecule has 5 nitrogen and oxygen atoms in total. The molecule has 0 saturated carbocycles. The first kappa shape index (κ1) is 19.9. The molecule has 30 heavy (non-hydrogen) atoms. The first-order chi connectivity index (χ1) is 14.4. The normalized spacial score (nSPS) is 18.3. The van der Waals surface area contributed by atoms with Gasteiger partial charge in [-0.3, -0.25) is 4.79 Å². The van der Waals surface area contributed by atoms with E-state index in [1.54, 1.807) is 24.3 Å². The van der Waals surface area contributed by atoms with Gasteiger partial charge in [0.15, 0.2) is 5.78 Å². The lowest BCUT2D eigenvalue weighted by atomic mass is 9.70. The maximum Gasteiger partial charge on any atom is 0.236 e. The summed E-state index contributed by atoms with van der Waals surface area (Å²) in [4.78, 5) is 13.5. The minimum absolute atomic E-state index is 0.286. The molecule has 1 heterocycles. The lowest BCUT2D eigenvalue weighted by Gasteiger charge is -2.29. The molecule has 4 rings (SSSR count). The van der Waals surface area contributed by atoms with Crippen LogP contribution in [0.4, 0.5) is 0 Å². The van der Waals surface area contributed by atoms with Gasteiger partial charge in [-0.15, -0.1) is 0 Å². The molecule has 1 atom stereocenters. The largest absolute Gasteiger partial charge is 0.292 e. The van der Waals surface area contributed by atoms with E-state index < -0.39 is 15.4 Å². The standard InChI is InChI=1S/C24H20N2O3S/c1-30(28,29)26-20-13-6-5-12-19(20)22-21(26)14-16-24(17-25,23(22)27)15-8-7-11-18-9-3-2-4-10-18/h2-6,9-10,12-13H,8,14-16H2,1H3/t24-/m0/s1. The van der Waals surface area contributed by atoms with Gasteiger partial charge in [-0.1, -0.05) is 48.2 Å². The highest BCUT2D eigenvalue weighted by molar-refractivity contribution is 7.89. The first-order valence-corrected chi connectivity index (χ1v) is 11.5. The van der Waals surface area contributed by atoms with Crippen molar-refractivity contribution in [2.45, 2.75) is 25.7 Å². The van der Waals surface area contributed by atoms with Gasteiger partial charge >= 0.3 is 0 Å². The van der Waals surface area contributed by atoms with Crippen molar-refractivity contribution in [2.75, 3.05) is 6.26 Å². The minimum Gasteiger partial charge on any atom is -0.292 e. The zero-order valence-electron chi connectivity index (χ0n) is 16.6. The number of carbonyl (C=O) groups excluding carboxylic acids is 1. The summed E-state index contributed by atoms with van der Waals surface area (Å²) in [5.41, 5.74) is 1.02. The van der Waals surface area contributed by atoms with Crippen molar-refractivity contribution in [3.63, 3.8) is 0 Å². The number of hydrogen-bond donors (Lipinski definition) is 0. The van der Waals surface area contributed by atoms with Crippen molar-refractivity contribution in [3.05, 3.63) is 71.4 Å². The topological polar surface area (TPSA) is 79.9 Å². The van der Waals surface area contributed by atoms with Crippen molar-refractivity contribution in [1.29, 1.82) is 5.26 Å². The molecule has 2 aromatic carbocycles. The number of aromatic nitrogens is 1. The summed E-state index contributed by atoms with van der Waals surface area (Å²) < 4.78 is 26.1. The molecule has 1 aliphatic rings. The van der Waals surface area contributed by atoms with Gasteiger partial charge < -0.3 is 0 Å². The van der Waals surface area contributed by atoms with Crippen LogP contribution in [0.15, 0.2) is 54.6 Å². The van der Waals surface area contributed by atoms with Crippen LogP contribution in [-0.4, -0.2) is 24.4 Å². The monoisotopic (exact) mass is 416 g/mol. The third kappa shape index (κ3) is 3.30. The van der Waals surface area contributed by atoms with Crippen LogP contribution < -0.4 is 0 Å². The molecular weight excluding hydrogens is 396 g/mol. The van der Waals surface area contributed by atoms with Crippen LogP contribution in [0, 0.1) is 28.6 Å². The van der Waals surface area contributed by atoms with E-state index in [9.17, 15) is 18.5 Å². The Morgan fingerprint density at radius 2 is 1.80 bits per heavy atom. The Balaban J connectivity index is 1.72. The lowest BCUT2D eigenvalue weighted by molar-refractivity contribution is 0.0826.